The Kier molecular flexibility index (Phi) is 8.91. The molecule has 9 nitrogen and oxygen atoms in total. The van der Waals surface area contributed by atoms with E-state index in [1.807, 2.05) is 0 Å². The summed E-state index contributed by atoms with van der Waals surface area (Å²) in [5.41, 5.74) is -0.214. The molecule has 1 unspecified atom stereocenters. The number of Topliss-reactive ketones (excluding diaryl/α,β-unsaturated/α-hetero) is 1. The number of rotatable bonds is 8. The molecular formula is C23H26N2O7. The van der Waals surface area contributed by atoms with Crippen molar-refractivity contribution < 1.29 is 33.8 Å². The number of carboxylic acid groups (broad SMARTS) is 1. The number of methoxy groups -OCH3 is 1. The normalized spacial score (nSPS) is 16.6. The second-order valence-corrected chi connectivity index (χ2v) is 6.94. The third kappa shape index (κ3) is 6.92. The number of hydrogen-bond acceptors (Lipinski definition) is 7. The standard InChI is InChI=1S/C20H20N2O5.C3H6O2/c1-26-16-9-7-14(8-10-16)13-27-18(24)11-20(17(23)12-21-20)22-19(25)15-5-3-2-4-6-15;1-2-3(4)5/h2-10,21H,11-13H2,1H3,(H,22,25);2H2,1H3,(H,4,5). The fraction of sp³-hybridized carbons (Fsp3) is 0.304. The van der Waals surface area contributed by atoms with Gasteiger partial charge >= 0.3 is 11.9 Å². The van der Waals surface area contributed by atoms with Crippen LogP contribution in [0.25, 0.3) is 0 Å². The van der Waals surface area contributed by atoms with Crippen molar-refractivity contribution >= 4 is 23.6 Å². The Morgan fingerprint density at radius 1 is 1.09 bits per heavy atom. The number of carbonyl (C=O) groups is 4. The van der Waals surface area contributed by atoms with Crippen molar-refractivity contribution in [3.8, 4) is 5.75 Å². The van der Waals surface area contributed by atoms with Crippen LogP contribution in [-0.2, 0) is 25.7 Å². The third-order valence-corrected chi connectivity index (χ3v) is 4.66. The lowest BCUT2D eigenvalue weighted by Gasteiger charge is -2.40. The van der Waals surface area contributed by atoms with Crippen LogP contribution in [-0.4, -0.2) is 48.1 Å². The van der Waals surface area contributed by atoms with Crippen molar-refractivity contribution in [1.82, 2.24) is 10.6 Å². The van der Waals surface area contributed by atoms with E-state index in [1.165, 1.54) is 0 Å². The van der Waals surface area contributed by atoms with Crippen molar-refractivity contribution in [2.75, 3.05) is 13.7 Å². The molecule has 1 aliphatic rings. The number of carboxylic acids is 1. The van der Waals surface area contributed by atoms with Crippen LogP contribution in [0.15, 0.2) is 54.6 Å². The highest BCUT2D eigenvalue weighted by atomic mass is 16.5. The largest absolute Gasteiger partial charge is 0.497 e. The molecule has 0 aliphatic carbocycles. The Bertz CT molecular complexity index is 945. The third-order valence-electron chi connectivity index (χ3n) is 4.66. The molecule has 170 valence electrons. The molecule has 9 heteroatoms. The molecule has 0 aromatic heterocycles. The predicted molar refractivity (Wildman–Crippen MR) is 115 cm³/mol. The lowest BCUT2D eigenvalue weighted by Crippen LogP contribution is -2.75. The molecular weight excluding hydrogens is 416 g/mol. The maximum atomic E-state index is 12.4. The number of hydrogen-bond donors (Lipinski definition) is 3. The summed E-state index contributed by atoms with van der Waals surface area (Å²) in [6, 6.07) is 15.6. The molecule has 0 bridgehead atoms. The second-order valence-electron chi connectivity index (χ2n) is 6.94. The van der Waals surface area contributed by atoms with Crippen LogP contribution in [0.1, 0.15) is 35.7 Å². The van der Waals surface area contributed by atoms with Gasteiger partial charge in [-0.25, -0.2) is 0 Å². The molecule has 1 amide bonds. The van der Waals surface area contributed by atoms with Crippen LogP contribution < -0.4 is 15.4 Å². The van der Waals surface area contributed by atoms with E-state index >= 15 is 0 Å². The number of ketones is 1. The number of aliphatic carboxylic acids is 1. The molecule has 1 heterocycles. The first kappa shape index (κ1) is 24.5. The van der Waals surface area contributed by atoms with Crippen LogP contribution >= 0.6 is 0 Å². The van der Waals surface area contributed by atoms with Gasteiger partial charge in [-0.3, -0.25) is 24.5 Å². The van der Waals surface area contributed by atoms with Gasteiger partial charge in [0.15, 0.2) is 11.4 Å². The van der Waals surface area contributed by atoms with Crippen molar-refractivity contribution in [1.29, 1.82) is 0 Å². The lowest BCUT2D eigenvalue weighted by atomic mass is 9.92. The Morgan fingerprint density at radius 2 is 1.72 bits per heavy atom. The number of amides is 1. The van der Waals surface area contributed by atoms with E-state index in [4.69, 9.17) is 14.6 Å². The number of nitrogens with one attached hydrogen (secondary N) is 2. The minimum Gasteiger partial charge on any atom is -0.497 e. The topological polar surface area (TPSA) is 131 Å². The summed E-state index contributed by atoms with van der Waals surface area (Å²) in [5.74, 6) is -1.31. The molecule has 32 heavy (non-hydrogen) atoms. The van der Waals surface area contributed by atoms with Crippen LogP contribution in [0, 0.1) is 0 Å². The van der Waals surface area contributed by atoms with Crippen LogP contribution in [0.5, 0.6) is 5.75 Å². The number of carbonyl (C=O) groups excluding carboxylic acids is 3. The molecule has 1 aliphatic heterocycles. The van der Waals surface area contributed by atoms with Gasteiger partial charge in [-0.05, 0) is 29.8 Å². The maximum Gasteiger partial charge on any atom is 0.310 e. The fourth-order valence-electron chi connectivity index (χ4n) is 2.70. The van der Waals surface area contributed by atoms with Crippen LogP contribution in [0.2, 0.25) is 0 Å². The quantitative estimate of drug-likeness (QED) is 0.529. The number of benzene rings is 2. The molecule has 1 saturated heterocycles. The summed E-state index contributed by atoms with van der Waals surface area (Å²) in [7, 11) is 1.57. The Morgan fingerprint density at radius 3 is 2.19 bits per heavy atom. The van der Waals surface area contributed by atoms with E-state index in [0.717, 1.165) is 5.56 Å². The second kappa shape index (κ2) is 11.6. The van der Waals surface area contributed by atoms with E-state index in [2.05, 4.69) is 10.6 Å². The van der Waals surface area contributed by atoms with Gasteiger partial charge in [0.25, 0.3) is 5.91 Å². The van der Waals surface area contributed by atoms with Crippen molar-refractivity contribution in [3.05, 3.63) is 65.7 Å². The number of ether oxygens (including phenoxy) is 2. The summed E-state index contributed by atoms with van der Waals surface area (Å²) >= 11 is 0. The average Bonchev–Trinajstić information content (AvgIpc) is 2.82. The van der Waals surface area contributed by atoms with E-state index in [0.29, 0.717) is 11.3 Å². The zero-order chi connectivity index (χ0) is 23.6. The summed E-state index contributed by atoms with van der Waals surface area (Å²) < 4.78 is 10.3. The lowest BCUT2D eigenvalue weighted by molar-refractivity contribution is -0.152. The predicted octanol–water partition coefficient (Wildman–Crippen LogP) is 1.91. The van der Waals surface area contributed by atoms with Crippen molar-refractivity contribution in [2.24, 2.45) is 0 Å². The molecule has 0 radical (unpaired) electrons. The molecule has 2 aromatic rings. The smallest absolute Gasteiger partial charge is 0.310 e. The fourth-order valence-corrected chi connectivity index (χ4v) is 2.70. The highest BCUT2D eigenvalue weighted by Gasteiger charge is 2.49. The van der Waals surface area contributed by atoms with E-state index in [1.54, 1.807) is 68.6 Å². The molecule has 0 saturated carbocycles. The zero-order valence-electron chi connectivity index (χ0n) is 17.9. The van der Waals surface area contributed by atoms with E-state index in [-0.39, 0.29) is 31.8 Å². The van der Waals surface area contributed by atoms with E-state index < -0.39 is 23.5 Å². The van der Waals surface area contributed by atoms with Gasteiger partial charge in [0.05, 0.1) is 20.1 Å². The number of esters is 1. The van der Waals surface area contributed by atoms with Crippen molar-refractivity contribution in [3.63, 3.8) is 0 Å². The summed E-state index contributed by atoms with van der Waals surface area (Å²) in [5, 5.41) is 13.2. The molecule has 1 atom stereocenters. The van der Waals surface area contributed by atoms with Gasteiger partial charge in [0, 0.05) is 12.0 Å². The Hall–Kier alpha value is -3.72. The monoisotopic (exact) mass is 442 g/mol. The molecule has 3 N–H and O–H groups in total. The van der Waals surface area contributed by atoms with Crippen LogP contribution in [0.3, 0.4) is 0 Å². The Balaban J connectivity index is 0.000000654. The van der Waals surface area contributed by atoms with Crippen LogP contribution in [0.4, 0.5) is 0 Å². The summed E-state index contributed by atoms with van der Waals surface area (Å²) in [6.45, 7) is 1.77. The van der Waals surface area contributed by atoms with Gasteiger partial charge in [-0.1, -0.05) is 37.3 Å². The molecule has 0 spiro atoms. The van der Waals surface area contributed by atoms with Gasteiger partial charge in [-0.2, -0.15) is 0 Å². The summed E-state index contributed by atoms with van der Waals surface area (Å²) in [4.78, 5) is 46.0. The van der Waals surface area contributed by atoms with Gasteiger partial charge in [0.1, 0.15) is 12.4 Å². The Labute approximate surface area is 185 Å². The minimum absolute atomic E-state index is 0.0692. The first-order valence-corrected chi connectivity index (χ1v) is 9.96. The highest BCUT2D eigenvalue weighted by Crippen LogP contribution is 2.19. The molecule has 1 fully saturated rings. The molecule has 3 rings (SSSR count). The first-order chi connectivity index (χ1) is 15.3. The van der Waals surface area contributed by atoms with Gasteiger partial charge < -0.3 is 19.9 Å². The average molecular weight is 442 g/mol. The maximum absolute atomic E-state index is 12.4. The zero-order valence-corrected chi connectivity index (χ0v) is 17.9. The minimum atomic E-state index is -1.41. The van der Waals surface area contributed by atoms with E-state index in [9.17, 15) is 19.2 Å². The van der Waals surface area contributed by atoms with Gasteiger partial charge in [0.2, 0.25) is 0 Å². The summed E-state index contributed by atoms with van der Waals surface area (Å²) in [6.07, 6.45) is -0.0550. The van der Waals surface area contributed by atoms with Crippen molar-refractivity contribution in [2.45, 2.75) is 32.0 Å². The molecule has 2 aromatic carbocycles. The first-order valence-electron chi connectivity index (χ1n) is 9.96. The SMILES string of the molecule is CCC(=O)O.COc1ccc(COC(=O)CC2(NC(=O)c3ccccc3)NCC2=O)cc1. The highest BCUT2D eigenvalue weighted by molar-refractivity contribution is 6.04. The van der Waals surface area contributed by atoms with Gasteiger partial charge in [-0.15, -0.1) is 0 Å².